The second-order valence-corrected chi connectivity index (χ2v) is 3.70. The van der Waals surface area contributed by atoms with Crippen molar-refractivity contribution in [2.45, 2.75) is 13.8 Å². The third-order valence-corrected chi connectivity index (χ3v) is 2.11. The molecule has 4 nitrogen and oxygen atoms in total. The topological polar surface area (TPSA) is 42.4 Å². The number of esters is 1. The van der Waals surface area contributed by atoms with Gasteiger partial charge in [0.2, 0.25) is 0 Å². The highest BCUT2D eigenvalue weighted by Gasteiger charge is 2.11. The zero-order valence-corrected chi connectivity index (χ0v) is 12.2. The normalized spacial score (nSPS) is 9.67. The number of nitrogens with zero attached hydrogens (tertiary/aromatic N) is 2. The van der Waals surface area contributed by atoms with Crippen LogP contribution in [-0.4, -0.2) is 37.1 Å². The lowest BCUT2D eigenvalue weighted by Gasteiger charge is -2.04. The summed E-state index contributed by atoms with van der Waals surface area (Å²) in [6.07, 6.45) is 3.64. The minimum atomic E-state index is -0.486. The molecule has 1 heterocycles. The predicted molar refractivity (Wildman–Crippen MR) is 74.7 cm³/mol. The van der Waals surface area contributed by atoms with Crippen LogP contribution in [-0.2, 0) is 4.74 Å². The molecular weight excluding hydrogens is 252 g/mol. The number of hydrogen-bond acceptors (Lipinski definition) is 4. The summed E-state index contributed by atoms with van der Waals surface area (Å²) >= 11 is 5.86. The molecule has 1 aromatic rings. The Morgan fingerprint density at radius 3 is 2.44 bits per heavy atom. The second kappa shape index (κ2) is 8.53. The van der Waals surface area contributed by atoms with Gasteiger partial charge < -0.3 is 9.64 Å². The van der Waals surface area contributed by atoms with Crippen LogP contribution in [0.3, 0.4) is 0 Å². The van der Waals surface area contributed by atoms with E-state index in [0.29, 0.717) is 5.69 Å². The van der Waals surface area contributed by atoms with Gasteiger partial charge in [0.1, 0.15) is 5.15 Å². The van der Waals surface area contributed by atoms with Crippen molar-refractivity contribution in [1.82, 2.24) is 9.88 Å². The van der Waals surface area contributed by atoms with Crippen LogP contribution in [0.1, 0.15) is 29.9 Å². The van der Waals surface area contributed by atoms with Gasteiger partial charge in [-0.1, -0.05) is 25.4 Å². The molecule has 0 N–H and O–H groups in total. The number of ether oxygens (including phenoxy) is 1. The first-order valence-electron chi connectivity index (χ1n) is 5.64. The zero-order chi connectivity index (χ0) is 14.1. The monoisotopic (exact) mass is 270 g/mol. The highest BCUT2D eigenvalue weighted by atomic mass is 35.5. The van der Waals surface area contributed by atoms with Gasteiger partial charge in [-0.25, -0.2) is 9.78 Å². The minimum Gasteiger partial charge on any atom is -0.465 e. The molecule has 100 valence electrons. The molecule has 0 saturated carbocycles. The molecular formula is C13H19ClN2O2. The van der Waals surface area contributed by atoms with E-state index in [4.69, 9.17) is 11.6 Å². The van der Waals surface area contributed by atoms with Gasteiger partial charge in [-0.2, -0.15) is 0 Å². The average molecular weight is 271 g/mol. The number of halogens is 1. The van der Waals surface area contributed by atoms with Crippen molar-refractivity contribution in [1.29, 1.82) is 0 Å². The first kappa shape index (κ1) is 16.4. The Bertz CT molecular complexity index is 417. The third kappa shape index (κ3) is 5.19. The van der Waals surface area contributed by atoms with E-state index in [0.717, 1.165) is 0 Å². The van der Waals surface area contributed by atoms with E-state index in [1.165, 1.54) is 7.11 Å². The Morgan fingerprint density at radius 2 is 2.00 bits per heavy atom. The summed E-state index contributed by atoms with van der Waals surface area (Å²) in [6, 6.07) is 3.30. The standard InChI is InChI=1S/C11H13ClN2O2.C2H6/c1-14(2)7-6-8-4-5-9(10(12)13-8)11(15)16-3;1-2/h4-7H,1-3H3;1-2H3/b7-6+;. The highest BCUT2D eigenvalue weighted by Crippen LogP contribution is 2.15. The van der Waals surface area contributed by atoms with Crippen LogP contribution in [0.4, 0.5) is 0 Å². The number of methoxy groups -OCH3 is 1. The van der Waals surface area contributed by atoms with Crippen LogP contribution >= 0.6 is 11.6 Å². The van der Waals surface area contributed by atoms with Gasteiger partial charge in [0.25, 0.3) is 0 Å². The molecule has 0 amide bonds. The number of hydrogen-bond donors (Lipinski definition) is 0. The SMILES string of the molecule is CC.COC(=O)c1ccc(/C=C/N(C)C)nc1Cl. The van der Waals surface area contributed by atoms with Crippen molar-refractivity contribution in [3.05, 3.63) is 34.7 Å². The van der Waals surface area contributed by atoms with Crippen LogP contribution < -0.4 is 0 Å². The number of aromatic nitrogens is 1. The summed E-state index contributed by atoms with van der Waals surface area (Å²) in [4.78, 5) is 17.2. The molecule has 1 aromatic heterocycles. The molecule has 0 unspecified atom stereocenters. The average Bonchev–Trinajstić information content (AvgIpc) is 2.38. The van der Waals surface area contributed by atoms with Crippen LogP contribution in [0, 0.1) is 0 Å². The molecule has 18 heavy (non-hydrogen) atoms. The van der Waals surface area contributed by atoms with E-state index >= 15 is 0 Å². The molecule has 0 saturated heterocycles. The summed E-state index contributed by atoms with van der Waals surface area (Å²) in [5, 5.41) is 0.146. The van der Waals surface area contributed by atoms with Gasteiger partial charge in [-0.15, -0.1) is 0 Å². The minimum absolute atomic E-state index is 0.146. The van der Waals surface area contributed by atoms with E-state index < -0.39 is 5.97 Å². The lowest BCUT2D eigenvalue weighted by molar-refractivity contribution is 0.0600. The Balaban J connectivity index is 0.00000137. The molecule has 5 heteroatoms. The smallest absolute Gasteiger partial charge is 0.341 e. The molecule has 0 aliphatic heterocycles. The fourth-order valence-electron chi connectivity index (χ4n) is 1.03. The predicted octanol–water partition coefficient (Wildman–Crippen LogP) is 3.08. The van der Waals surface area contributed by atoms with Crippen molar-refractivity contribution < 1.29 is 9.53 Å². The third-order valence-electron chi connectivity index (χ3n) is 1.82. The fraction of sp³-hybridized carbons (Fsp3) is 0.385. The van der Waals surface area contributed by atoms with Gasteiger partial charge >= 0.3 is 5.97 Å². The summed E-state index contributed by atoms with van der Waals surface area (Å²) in [5.41, 5.74) is 0.956. The Kier molecular flexibility index (Phi) is 7.79. The quantitative estimate of drug-likeness (QED) is 0.625. The van der Waals surface area contributed by atoms with E-state index in [-0.39, 0.29) is 10.7 Å². The number of rotatable bonds is 3. The molecule has 0 fully saturated rings. The molecule has 0 radical (unpaired) electrons. The Morgan fingerprint density at radius 1 is 1.39 bits per heavy atom. The number of carbonyl (C=O) groups is 1. The van der Waals surface area contributed by atoms with Gasteiger partial charge in [0.15, 0.2) is 0 Å². The Labute approximate surface area is 113 Å². The maximum atomic E-state index is 11.2. The molecule has 0 atom stereocenters. The van der Waals surface area contributed by atoms with Gasteiger partial charge in [0, 0.05) is 20.3 Å². The molecule has 0 bridgehead atoms. The summed E-state index contributed by atoms with van der Waals surface area (Å²) in [7, 11) is 5.11. The van der Waals surface area contributed by atoms with Crippen LogP contribution in [0.5, 0.6) is 0 Å². The van der Waals surface area contributed by atoms with Gasteiger partial charge in [-0.3, -0.25) is 0 Å². The number of carbonyl (C=O) groups excluding carboxylic acids is 1. The largest absolute Gasteiger partial charge is 0.465 e. The van der Waals surface area contributed by atoms with Crippen LogP contribution in [0.25, 0.3) is 6.08 Å². The molecule has 0 aliphatic carbocycles. The molecule has 1 rings (SSSR count). The van der Waals surface area contributed by atoms with E-state index in [1.807, 2.05) is 39.0 Å². The van der Waals surface area contributed by atoms with E-state index in [2.05, 4.69) is 9.72 Å². The summed E-state index contributed by atoms with van der Waals surface area (Å²) in [6.45, 7) is 4.00. The van der Waals surface area contributed by atoms with Gasteiger partial charge in [-0.05, 0) is 18.2 Å². The summed E-state index contributed by atoms with van der Waals surface area (Å²) in [5.74, 6) is -0.486. The van der Waals surface area contributed by atoms with Crippen LogP contribution in [0.2, 0.25) is 5.15 Å². The van der Waals surface area contributed by atoms with Crippen molar-refractivity contribution >= 4 is 23.6 Å². The highest BCUT2D eigenvalue weighted by molar-refractivity contribution is 6.32. The van der Waals surface area contributed by atoms with Crippen molar-refractivity contribution in [3.63, 3.8) is 0 Å². The Hall–Kier alpha value is -1.55. The van der Waals surface area contributed by atoms with E-state index in [9.17, 15) is 4.79 Å². The van der Waals surface area contributed by atoms with Crippen molar-refractivity contribution in [3.8, 4) is 0 Å². The lowest BCUT2D eigenvalue weighted by Crippen LogP contribution is -2.04. The van der Waals surface area contributed by atoms with Crippen molar-refractivity contribution in [2.75, 3.05) is 21.2 Å². The van der Waals surface area contributed by atoms with Crippen LogP contribution in [0.15, 0.2) is 18.3 Å². The number of pyridine rings is 1. The molecule has 0 aromatic carbocycles. The molecule has 0 spiro atoms. The van der Waals surface area contributed by atoms with Crippen molar-refractivity contribution in [2.24, 2.45) is 0 Å². The summed E-state index contributed by atoms with van der Waals surface area (Å²) < 4.78 is 4.57. The first-order chi connectivity index (χ1) is 8.54. The maximum Gasteiger partial charge on any atom is 0.341 e. The zero-order valence-electron chi connectivity index (χ0n) is 11.4. The molecule has 0 aliphatic rings. The van der Waals surface area contributed by atoms with Gasteiger partial charge in [0.05, 0.1) is 18.4 Å². The van der Waals surface area contributed by atoms with E-state index in [1.54, 1.807) is 18.2 Å². The first-order valence-corrected chi connectivity index (χ1v) is 6.02. The fourth-order valence-corrected chi connectivity index (χ4v) is 1.27. The lowest BCUT2D eigenvalue weighted by atomic mass is 10.2. The maximum absolute atomic E-state index is 11.2. The second-order valence-electron chi connectivity index (χ2n) is 3.35.